The molecule has 3 amide bonds. The number of hydrogen-bond donors (Lipinski definition) is 3. The third-order valence-corrected chi connectivity index (χ3v) is 15.0. The van der Waals surface area contributed by atoms with Crippen LogP contribution in [0.15, 0.2) is 36.4 Å². The van der Waals surface area contributed by atoms with E-state index in [1.54, 1.807) is 25.1 Å². The van der Waals surface area contributed by atoms with Gasteiger partial charge in [-0.15, -0.1) is 0 Å². The first-order valence-electron chi connectivity index (χ1n) is 21.0. The van der Waals surface area contributed by atoms with Gasteiger partial charge in [-0.25, -0.2) is 18.6 Å². The highest BCUT2D eigenvalue weighted by atomic mass is 35.5. The molecule has 6 rings (SSSR count). The summed E-state index contributed by atoms with van der Waals surface area (Å²) < 4.78 is 66.8. The van der Waals surface area contributed by atoms with E-state index in [4.69, 9.17) is 30.5 Å². The molecule has 0 spiro atoms. The number of nitrogens with zero attached hydrogens (tertiary/aromatic N) is 2. The van der Waals surface area contributed by atoms with Crippen molar-refractivity contribution in [2.45, 2.75) is 133 Å². The molecule has 3 aliphatic rings. The van der Waals surface area contributed by atoms with Gasteiger partial charge >= 0.3 is 6.09 Å². The third-order valence-electron chi connectivity index (χ3n) is 12.0. The molecule has 60 heavy (non-hydrogen) atoms. The first-order valence-corrected chi connectivity index (χ1v) is 23.2. The molecule has 0 radical (unpaired) electrons. The van der Waals surface area contributed by atoms with Gasteiger partial charge in [-0.1, -0.05) is 49.8 Å². The zero-order valence-corrected chi connectivity index (χ0v) is 36.1. The fraction of sp³-hybridized carbons (Fsp3) is 0.581. The number of pyridine rings is 1. The number of likely N-dealkylation sites (tertiary alicyclic amines) is 1. The lowest BCUT2D eigenvalue weighted by Crippen LogP contribution is -2.48. The zero-order chi connectivity index (χ0) is 43.0. The predicted octanol–water partition coefficient (Wildman–Crippen LogP) is 8.64. The van der Waals surface area contributed by atoms with Crippen LogP contribution >= 0.6 is 19.0 Å². The van der Waals surface area contributed by atoms with Crippen LogP contribution in [0, 0.1) is 17.6 Å². The highest BCUT2D eigenvalue weighted by molar-refractivity contribution is 7.59. The van der Waals surface area contributed by atoms with Crippen LogP contribution in [0.5, 0.6) is 17.4 Å². The first-order chi connectivity index (χ1) is 28.8. The van der Waals surface area contributed by atoms with Gasteiger partial charge in [0.1, 0.15) is 57.2 Å². The fourth-order valence-electron chi connectivity index (χ4n) is 8.62. The molecule has 0 bridgehead atoms. The predicted molar refractivity (Wildman–Crippen MR) is 223 cm³/mol. The van der Waals surface area contributed by atoms with Gasteiger partial charge in [0.25, 0.3) is 0 Å². The van der Waals surface area contributed by atoms with Crippen molar-refractivity contribution < 1.29 is 51.6 Å². The smallest absolute Gasteiger partial charge is 0.407 e. The number of nitrogens with one attached hydrogen (secondary N) is 2. The van der Waals surface area contributed by atoms with Crippen LogP contribution in [-0.2, 0) is 25.1 Å². The van der Waals surface area contributed by atoms with Gasteiger partial charge in [0.2, 0.25) is 25.6 Å². The molecule has 3 N–H and O–H groups in total. The number of rotatable bonds is 21. The Kier molecular flexibility index (Phi) is 15.2. The third kappa shape index (κ3) is 10.6. The Morgan fingerprint density at radius 1 is 1.08 bits per heavy atom. The van der Waals surface area contributed by atoms with Gasteiger partial charge in [0.05, 0.1) is 26.4 Å². The molecule has 1 saturated heterocycles. The number of hydrogen-bond acceptors (Lipinski definition) is 9. The molecule has 3 fully saturated rings. The summed E-state index contributed by atoms with van der Waals surface area (Å²) in [5.41, 5.74) is -0.140. The first kappa shape index (κ1) is 45.3. The summed E-state index contributed by atoms with van der Waals surface area (Å²) in [7, 11) is -3.01. The van der Waals surface area contributed by atoms with Gasteiger partial charge in [-0.3, -0.25) is 14.2 Å². The lowest BCUT2D eigenvalue weighted by molar-refractivity contribution is -0.131. The molecule has 2 aromatic carbocycles. The van der Waals surface area contributed by atoms with Gasteiger partial charge in [-0.2, -0.15) is 0 Å². The maximum atomic E-state index is 14.8. The lowest BCUT2D eigenvalue weighted by Gasteiger charge is -2.29. The zero-order valence-electron chi connectivity index (χ0n) is 34.4. The minimum Gasteiger partial charge on any atom is -0.495 e. The number of benzene rings is 2. The Morgan fingerprint density at radius 2 is 1.80 bits per heavy atom. The van der Waals surface area contributed by atoms with E-state index in [1.165, 1.54) is 18.1 Å². The average Bonchev–Trinajstić information content (AvgIpc) is 3.47. The van der Waals surface area contributed by atoms with Crippen molar-refractivity contribution in [3.63, 3.8) is 0 Å². The molecule has 2 unspecified atom stereocenters. The SMILES string of the molecule is CCOc1cc(OC2C[C@@H](C(=O)N[C@]3(P(=O)(O)Cc4c(F)cccc4F)C[C@H]3CCCCCCC[C@@H](C)NC(=O)OC3CCCC3)N(C=O)C2)c2ccc(OC)c(Cl)c2n1. The second-order valence-corrected chi connectivity index (χ2v) is 19.1. The van der Waals surface area contributed by atoms with Crippen molar-refractivity contribution >= 4 is 48.3 Å². The molecule has 6 atom stereocenters. The highest BCUT2D eigenvalue weighted by Gasteiger charge is 2.66. The summed E-state index contributed by atoms with van der Waals surface area (Å²) >= 11 is 6.60. The van der Waals surface area contributed by atoms with Crippen LogP contribution < -0.4 is 24.8 Å². The second-order valence-electron chi connectivity index (χ2n) is 16.2. The molecule has 2 aliphatic carbocycles. The Bertz CT molecular complexity index is 2040. The Balaban J connectivity index is 1.09. The maximum Gasteiger partial charge on any atom is 0.407 e. The topological polar surface area (TPSA) is 166 Å². The average molecular weight is 877 g/mol. The van der Waals surface area contributed by atoms with E-state index in [9.17, 15) is 32.6 Å². The van der Waals surface area contributed by atoms with E-state index < -0.39 is 60.0 Å². The van der Waals surface area contributed by atoms with Crippen LogP contribution in [0.25, 0.3) is 10.9 Å². The maximum absolute atomic E-state index is 14.8. The van der Waals surface area contributed by atoms with Gasteiger partial charge < -0.3 is 39.4 Å². The molecule has 328 valence electrons. The van der Waals surface area contributed by atoms with Crippen molar-refractivity contribution in [1.29, 1.82) is 0 Å². The van der Waals surface area contributed by atoms with Crippen LogP contribution in [-0.4, -0.2) is 83.0 Å². The summed E-state index contributed by atoms with van der Waals surface area (Å²) in [4.78, 5) is 56.1. The van der Waals surface area contributed by atoms with Crippen molar-refractivity contribution in [3.8, 4) is 17.4 Å². The van der Waals surface area contributed by atoms with Crippen molar-refractivity contribution in [3.05, 3.63) is 58.6 Å². The Hall–Kier alpha value is -4.20. The summed E-state index contributed by atoms with van der Waals surface area (Å²) in [6.45, 7) is 4.12. The van der Waals surface area contributed by atoms with E-state index in [0.717, 1.165) is 69.9 Å². The largest absolute Gasteiger partial charge is 0.495 e. The Labute approximate surface area is 354 Å². The summed E-state index contributed by atoms with van der Waals surface area (Å²) in [5.74, 6) is -1.96. The number of ether oxygens (including phenoxy) is 4. The second kappa shape index (κ2) is 20.1. The van der Waals surface area contributed by atoms with Gasteiger partial charge in [-0.05, 0) is 89.0 Å². The molecule has 1 aliphatic heterocycles. The molecular weight excluding hydrogens is 821 g/mol. The number of fused-ring (bicyclic) bond motifs is 1. The van der Waals surface area contributed by atoms with E-state index >= 15 is 0 Å². The standard InChI is InChI=1S/C43H56ClF2N4O9P/c1-4-57-38-22-37(31-19-20-36(56-3)39(44)40(31)48-38)58-30-21-35(50(24-30)26-51)41(52)49-43(60(54,55)25-32-33(45)17-12-18-34(32)46)23-28(43)14-9-7-5-6-8-13-27(2)47-42(53)59-29-15-10-11-16-29/h12,17-20,22,26-30,35H,4-11,13-16,21,23-25H2,1-3H3,(H,47,53)(H,49,52)(H,54,55)/t27-,28-,30?,35+,43+/m1/s1. The number of aromatic nitrogens is 1. The van der Waals surface area contributed by atoms with Crippen molar-refractivity contribution in [2.24, 2.45) is 5.92 Å². The molecule has 3 aromatic rings. The minimum atomic E-state index is -4.50. The number of carbonyl (C=O) groups is 3. The molecule has 2 saturated carbocycles. The summed E-state index contributed by atoms with van der Waals surface area (Å²) in [5, 5.41) is 4.93. The highest BCUT2D eigenvalue weighted by Crippen LogP contribution is 2.71. The normalized spacial score (nSPS) is 22.9. The monoisotopic (exact) mass is 876 g/mol. The number of methoxy groups -OCH3 is 1. The molecule has 17 heteroatoms. The van der Waals surface area contributed by atoms with E-state index in [2.05, 4.69) is 15.6 Å². The quantitative estimate of drug-likeness (QED) is 0.0536. The minimum absolute atomic E-state index is 0.0125. The molecule has 13 nitrogen and oxygen atoms in total. The molecule has 2 heterocycles. The lowest BCUT2D eigenvalue weighted by atomic mass is 10.1. The number of unbranched alkanes of at least 4 members (excludes halogenated alkanes) is 4. The number of alkyl carbamates (subject to hydrolysis) is 1. The van der Waals surface area contributed by atoms with Crippen molar-refractivity contribution in [2.75, 3.05) is 20.3 Å². The van der Waals surface area contributed by atoms with E-state index in [-0.39, 0.29) is 48.5 Å². The number of carbonyl (C=O) groups excluding carboxylic acids is 3. The number of amides is 3. The van der Waals surface area contributed by atoms with Crippen LogP contribution in [0.3, 0.4) is 0 Å². The van der Waals surface area contributed by atoms with Crippen LogP contribution in [0.4, 0.5) is 13.6 Å². The molecule has 1 aromatic heterocycles. The fourth-order valence-corrected chi connectivity index (χ4v) is 11.4. The van der Waals surface area contributed by atoms with Crippen LogP contribution in [0.1, 0.15) is 103 Å². The van der Waals surface area contributed by atoms with E-state index in [1.807, 2.05) is 6.92 Å². The van der Waals surface area contributed by atoms with E-state index in [0.29, 0.717) is 48.3 Å². The van der Waals surface area contributed by atoms with Gasteiger partial charge in [0, 0.05) is 29.5 Å². The van der Waals surface area contributed by atoms with Crippen molar-refractivity contribution in [1.82, 2.24) is 20.5 Å². The summed E-state index contributed by atoms with van der Waals surface area (Å²) in [6, 6.07) is 7.18. The van der Waals surface area contributed by atoms with Crippen LogP contribution in [0.2, 0.25) is 5.02 Å². The Morgan fingerprint density at radius 3 is 2.50 bits per heavy atom. The number of halogens is 3. The molecular formula is C43H56ClF2N4O9P. The summed E-state index contributed by atoms with van der Waals surface area (Å²) in [6.07, 6.45) is 8.50. The van der Waals surface area contributed by atoms with Gasteiger partial charge in [0.15, 0.2) is 0 Å².